The van der Waals surface area contributed by atoms with E-state index in [4.69, 9.17) is 0 Å². The van der Waals surface area contributed by atoms with Crippen LogP contribution in [0.4, 0.5) is 0 Å². The van der Waals surface area contributed by atoms with Crippen LogP contribution in [-0.2, 0) is 4.79 Å². The monoisotopic (exact) mass is 230 g/mol. The fraction of sp³-hybridized carbons (Fsp3) is 0.357. The summed E-state index contributed by atoms with van der Waals surface area (Å²) in [5.41, 5.74) is 0.562. The van der Waals surface area contributed by atoms with Gasteiger partial charge in [-0.3, -0.25) is 4.79 Å². The number of allylic oxidation sites excluding steroid dienone is 2. The lowest BCUT2D eigenvalue weighted by molar-refractivity contribution is -0.114. The quantitative estimate of drug-likeness (QED) is 0.714. The minimum Gasteiger partial charge on any atom is -0.295 e. The zero-order valence-electron chi connectivity index (χ0n) is 9.94. The molecule has 0 bridgehead atoms. The van der Waals surface area contributed by atoms with Gasteiger partial charge in [0.25, 0.3) is 0 Å². The van der Waals surface area contributed by atoms with E-state index in [-0.39, 0.29) is 0 Å². The van der Waals surface area contributed by atoms with Gasteiger partial charge in [-0.2, -0.15) is 0 Å². The number of benzene rings is 1. The van der Waals surface area contributed by atoms with Crippen LogP contribution in [-0.4, -0.2) is 13.9 Å². The van der Waals surface area contributed by atoms with Crippen molar-refractivity contribution in [3.63, 3.8) is 0 Å². The Morgan fingerprint density at radius 2 is 1.88 bits per heavy atom. The number of carbonyl (C=O) groups excluding carboxylic acids is 1. The zero-order chi connectivity index (χ0) is 11.6. The third-order valence-corrected chi connectivity index (χ3v) is 8.01. The molecule has 0 saturated heterocycles. The Bertz CT molecular complexity index is 406. The molecule has 16 heavy (non-hydrogen) atoms. The molecule has 0 N–H and O–H groups in total. The van der Waals surface area contributed by atoms with Gasteiger partial charge in [0.15, 0.2) is 5.78 Å². The number of ketones is 1. The molecule has 0 fully saturated rings. The smallest absolute Gasteiger partial charge is 0.155 e. The van der Waals surface area contributed by atoms with Crippen LogP contribution in [0, 0.1) is 0 Å². The minimum absolute atomic E-state index is 0.299. The van der Waals surface area contributed by atoms with Gasteiger partial charge >= 0.3 is 0 Å². The number of hydrogen-bond donors (Lipinski definition) is 0. The molecule has 0 radical (unpaired) electrons. The molecule has 0 aliphatic heterocycles. The Hall–Kier alpha value is -1.15. The maximum atomic E-state index is 11.5. The Kier molecular flexibility index (Phi) is 3.10. The molecular formula is C14H18OSi. The van der Waals surface area contributed by atoms with Crippen LogP contribution in [0.2, 0.25) is 18.6 Å². The first kappa shape index (κ1) is 11.3. The zero-order valence-corrected chi connectivity index (χ0v) is 10.9. The molecule has 2 heteroatoms. The van der Waals surface area contributed by atoms with Crippen LogP contribution in [0.25, 0.3) is 0 Å². The van der Waals surface area contributed by atoms with Gasteiger partial charge in [0.05, 0.1) is 8.07 Å². The highest BCUT2D eigenvalue weighted by Gasteiger charge is 2.34. The molecule has 0 saturated carbocycles. The summed E-state index contributed by atoms with van der Waals surface area (Å²) in [6.45, 7) is 4.75. The standard InChI is InChI=1S/C14H18OSi/c1-16(2,13-8-4-3-5-9-13)14-10-6-7-12(15)11-14/h3-9,14H,10-11H2,1-2H3/t14-/m1/s1. The van der Waals surface area contributed by atoms with Gasteiger partial charge in [-0.05, 0) is 18.0 Å². The maximum absolute atomic E-state index is 11.5. The van der Waals surface area contributed by atoms with E-state index >= 15 is 0 Å². The van der Waals surface area contributed by atoms with E-state index in [1.54, 1.807) is 6.08 Å². The van der Waals surface area contributed by atoms with E-state index < -0.39 is 8.07 Å². The number of rotatable bonds is 2. The van der Waals surface area contributed by atoms with Crippen molar-refractivity contribution in [1.29, 1.82) is 0 Å². The van der Waals surface area contributed by atoms with Crippen molar-refractivity contribution in [2.24, 2.45) is 0 Å². The molecule has 1 aromatic rings. The molecule has 0 amide bonds. The lowest BCUT2D eigenvalue weighted by Crippen LogP contribution is -2.46. The summed E-state index contributed by atoms with van der Waals surface area (Å²) >= 11 is 0. The van der Waals surface area contributed by atoms with E-state index in [1.165, 1.54) is 5.19 Å². The highest BCUT2D eigenvalue weighted by atomic mass is 28.3. The highest BCUT2D eigenvalue weighted by Crippen LogP contribution is 2.32. The van der Waals surface area contributed by atoms with E-state index in [1.807, 2.05) is 6.08 Å². The first-order valence-corrected chi connectivity index (χ1v) is 8.93. The number of carbonyl (C=O) groups is 1. The van der Waals surface area contributed by atoms with Gasteiger partial charge in [0.1, 0.15) is 0 Å². The van der Waals surface area contributed by atoms with E-state index in [9.17, 15) is 4.79 Å². The Morgan fingerprint density at radius 1 is 1.19 bits per heavy atom. The lowest BCUT2D eigenvalue weighted by atomic mass is 10.1. The number of hydrogen-bond acceptors (Lipinski definition) is 1. The van der Waals surface area contributed by atoms with Crippen LogP contribution < -0.4 is 5.19 Å². The van der Waals surface area contributed by atoms with Crippen molar-refractivity contribution >= 4 is 19.0 Å². The largest absolute Gasteiger partial charge is 0.295 e. The third-order valence-electron chi connectivity index (χ3n) is 3.71. The summed E-state index contributed by atoms with van der Waals surface area (Å²) < 4.78 is 0. The Labute approximate surface area is 98.2 Å². The van der Waals surface area contributed by atoms with Crippen LogP contribution in [0.15, 0.2) is 42.5 Å². The van der Waals surface area contributed by atoms with Crippen LogP contribution >= 0.6 is 0 Å². The first-order valence-electron chi connectivity index (χ1n) is 5.85. The summed E-state index contributed by atoms with van der Waals surface area (Å²) in [7, 11) is -1.49. The molecule has 0 heterocycles. The molecule has 0 unspecified atom stereocenters. The van der Waals surface area contributed by atoms with Gasteiger partial charge in [-0.1, -0.05) is 54.7 Å². The second-order valence-electron chi connectivity index (χ2n) is 5.09. The molecule has 1 aliphatic rings. The summed E-state index contributed by atoms with van der Waals surface area (Å²) in [6.07, 6.45) is 5.60. The van der Waals surface area contributed by atoms with Gasteiger partial charge in [-0.15, -0.1) is 0 Å². The van der Waals surface area contributed by atoms with Gasteiger partial charge in [-0.25, -0.2) is 0 Å². The Balaban J connectivity index is 2.25. The molecule has 1 atom stereocenters. The fourth-order valence-corrected chi connectivity index (χ4v) is 5.37. The highest BCUT2D eigenvalue weighted by molar-refractivity contribution is 6.91. The predicted octanol–water partition coefficient (Wildman–Crippen LogP) is 2.89. The van der Waals surface area contributed by atoms with Crippen molar-refractivity contribution in [2.45, 2.75) is 31.5 Å². The summed E-state index contributed by atoms with van der Waals surface area (Å²) in [6, 6.07) is 10.7. The average Bonchev–Trinajstić information content (AvgIpc) is 2.30. The summed E-state index contributed by atoms with van der Waals surface area (Å²) in [4.78, 5) is 11.5. The molecule has 0 spiro atoms. The van der Waals surface area contributed by atoms with E-state index in [0.717, 1.165) is 12.8 Å². The van der Waals surface area contributed by atoms with Crippen molar-refractivity contribution in [1.82, 2.24) is 0 Å². The van der Waals surface area contributed by atoms with Crippen LogP contribution in [0.1, 0.15) is 12.8 Å². The lowest BCUT2D eigenvalue weighted by Gasteiger charge is -2.33. The summed E-state index contributed by atoms with van der Waals surface area (Å²) in [5.74, 6) is 0.299. The molecule has 84 valence electrons. The van der Waals surface area contributed by atoms with Gasteiger partial charge < -0.3 is 0 Å². The molecule has 2 rings (SSSR count). The maximum Gasteiger partial charge on any atom is 0.155 e. The molecule has 0 aromatic heterocycles. The second kappa shape index (κ2) is 4.38. The molecule has 1 aromatic carbocycles. The SMILES string of the molecule is C[Si](C)(c1ccccc1)[C@@H]1CC=CC(=O)C1. The van der Waals surface area contributed by atoms with Crippen molar-refractivity contribution < 1.29 is 4.79 Å². The van der Waals surface area contributed by atoms with Crippen molar-refractivity contribution in [3.05, 3.63) is 42.5 Å². The van der Waals surface area contributed by atoms with Crippen LogP contribution in [0.5, 0.6) is 0 Å². The van der Waals surface area contributed by atoms with Crippen molar-refractivity contribution in [3.8, 4) is 0 Å². The fourth-order valence-electron chi connectivity index (χ4n) is 2.41. The third kappa shape index (κ3) is 2.17. The van der Waals surface area contributed by atoms with E-state index in [0.29, 0.717) is 11.3 Å². The molecular weight excluding hydrogens is 212 g/mol. The van der Waals surface area contributed by atoms with Crippen molar-refractivity contribution in [2.75, 3.05) is 0 Å². The van der Waals surface area contributed by atoms with E-state index in [2.05, 4.69) is 43.4 Å². The van der Waals surface area contributed by atoms with Crippen LogP contribution in [0.3, 0.4) is 0 Å². The summed E-state index contributed by atoms with van der Waals surface area (Å²) in [5, 5.41) is 1.46. The van der Waals surface area contributed by atoms with Gasteiger partial charge in [0.2, 0.25) is 0 Å². The first-order chi connectivity index (χ1) is 7.60. The molecule has 1 nitrogen and oxygen atoms in total. The van der Waals surface area contributed by atoms with Gasteiger partial charge in [0, 0.05) is 6.42 Å². The Morgan fingerprint density at radius 3 is 2.50 bits per heavy atom. The average molecular weight is 230 g/mol. The predicted molar refractivity (Wildman–Crippen MR) is 70.7 cm³/mol. The second-order valence-corrected chi connectivity index (χ2v) is 9.93. The normalized spacial score (nSPS) is 21.1. The molecule has 1 aliphatic carbocycles. The topological polar surface area (TPSA) is 17.1 Å². The minimum atomic E-state index is -1.49.